The van der Waals surface area contributed by atoms with Crippen molar-refractivity contribution < 1.29 is 4.74 Å². The van der Waals surface area contributed by atoms with E-state index in [2.05, 4.69) is 23.8 Å². The van der Waals surface area contributed by atoms with E-state index in [1.54, 1.807) is 6.20 Å². The van der Waals surface area contributed by atoms with E-state index in [1.807, 2.05) is 6.92 Å². The molecule has 78 valence electrons. The Balaban J connectivity index is 2.98. The van der Waals surface area contributed by atoms with Crippen molar-refractivity contribution in [3.63, 3.8) is 0 Å². The van der Waals surface area contributed by atoms with Crippen molar-refractivity contribution in [3.05, 3.63) is 17.7 Å². The zero-order chi connectivity index (χ0) is 10.6. The van der Waals surface area contributed by atoms with Crippen LogP contribution < -0.4 is 10.5 Å². The maximum absolute atomic E-state index is 5.58. The van der Waals surface area contributed by atoms with E-state index in [0.717, 1.165) is 11.5 Å². The Bertz CT molecular complexity index is 299. The lowest BCUT2D eigenvalue weighted by Gasteiger charge is -2.10. The minimum atomic E-state index is 0.316. The molecule has 0 aliphatic carbocycles. The molecule has 0 aromatic carbocycles. The van der Waals surface area contributed by atoms with Crippen LogP contribution in [0.15, 0.2) is 6.20 Å². The van der Waals surface area contributed by atoms with Crippen molar-refractivity contribution in [2.24, 2.45) is 5.73 Å². The zero-order valence-corrected chi connectivity index (χ0v) is 8.95. The first-order valence-corrected chi connectivity index (χ1v) is 4.87. The highest BCUT2D eigenvalue weighted by Crippen LogP contribution is 2.17. The molecular weight excluding hydrogens is 178 g/mol. The molecule has 1 heterocycles. The summed E-state index contributed by atoms with van der Waals surface area (Å²) in [6.45, 7) is 7.03. The third-order valence-corrected chi connectivity index (χ3v) is 1.86. The fraction of sp³-hybridized carbons (Fsp3) is 0.600. The zero-order valence-electron chi connectivity index (χ0n) is 8.95. The highest BCUT2D eigenvalue weighted by Gasteiger charge is 2.08. The van der Waals surface area contributed by atoms with Crippen LogP contribution in [0.5, 0.6) is 5.75 Å². The first kappa shape index (κ1) is 10.9. The summed E-state index contributed by atoms with van der Waals surface area (Å²) < 4.78 is 5.36. The van der Waals surface area contributed by atoms with Crippen LogP contribution in [-0.2, 0) is 6.54 Å². The number of ether oxygens (including phenoxy) is 1. The molecule has 0 amide bonds. The topological polar surface area (TPSA) is 61.0 Å². The predicted molar refractivity (Wildman–Crippen MR) is 55.2 cm³/mol. The largest absolute Gasteiger partial charge is 0.490 e. The van der Waals surface area contributed by atoms with Crippen molar-refractivity contribution in [2.75, 3.05) is 6.61 Å². The molecule has 1 aromatic heterocycles. The van der Waals surface area contributed by atoms with Gasteiger partial charge in [0.2, 0.25) is 0 Å². The first-order valence-electron chi connectivity index (χ1n) is 4.87. The monoisotopic (exact) mass is 195 g/mol. The molecule has 0 atom stereocenters. The molecule has 1 rings (SSSR count). The molecule has 0 bridgehead atoms. The summed E-state index contributed by atoms with van der Waals surface area (Å²) in [4.78, 5) is 8.56. The molecule has 14 heavy (non-hydrogen) atoms. The maximum Gasteiger partial charge on any atom is 0.160 e. The van der Waals surface area contributed by atoms with Gasteiger partial charge in [-0.3, -0.25) is 0 Å². The van der Waals surface area contributed by atoms with Gasteiger partial charge in [0.1, 0.15) is 5.82 Å². The van der Waals surface area contributed by atoms with Crippen LogP contribution in [0, 0.1) is 0 Å². The lowest BCUT2D eigenvalue weighted by molar-refractivity contribution is 0.332. The van der Waals surface area contributed by atoms with Gasteiger partial charge in [0.05, 0.1) is 18.5 Å². The van der Waals surface area contributed by atoms with E-state index < -0.39 is 0 Å². The highest BCUT2D eigenvalue weighted by atomic mass is 16.5. The SMILES string of the molecule is CCOc1cnc(C(C)C)nc1CN. The third kappa shape index (κ3) is 2.42. The molecule has 0 aliphatic rings. The van der Waals surface area contributed by atoms with Crippen molar-refractivity contribution in [1.82, 2.24) is 9.97 Å². The van der Waals surface area contributed by atoms with E-state index in [0.29, 0.717) is 24.8 Å². The third-order valence-electron chi connectivity index (χ3n) is 1.86. The maximum atomic E-state index is 5.58. The van der Waals surface area contributed by atoms with E-state index in [-0.39, 0.29) is 0 Å². The van der Waals surface area contributed by atoms with Gasteiger partial charge in [-0.25, -0.2) is 9.97 Å². The van der Waals surface area contributed by atoms with E-state index in [9.17, 15) is 0 Å². The summed E-state index contributed by atoms with van der Waals surface area (Å²) in [5, 5.41) is 0. The van der Waals surface area contributed by atoms with Gasteiger partial charge in [0, 0.05) is 12.5 Å². The Morgan fingerprint density at radius 3 is 2.71 bits per heavy atom. The standard InChI is InChI=1S/C10H17N3O/c1-4-14-9-6-12-10(7(2)3)13-8(9)5-11/h6-7H,4-5,11H2,1-3H3. The van der Waals surface area contributed by atoms with Crippen molar-refractivity contribution in [1.29, 1.82) is 0 Å². The Labute approximate surface area is 84.5 Å². The number of rotatable bonds is 4. The average Bonchev–Trinajstić information content (AvgIpc) is 2.18. The summed E-state index contributed by atoms with van der Waals surface area (Å²) >= 11 is 0. The molecular formula is C10H17N3O. The summed E-state index contributed by atoms with van der Waals surface area (Å²) in [6.07, 6.45) is 1.70. The minimum Gasteiger partial charge on any atom is -0.490 e. The van der Waals surface area contributed by atoms with Crippen molar-refractivity contribution in [2.45, 2.75) is 33.2 Å². The lowest BCUT2D eigenvalue weighted by atomic mass is 10.2. The van der Waals surface area contributed by atoms with E-state index in [1.165, 1.54) is 0 Å². The molecule has 0 fully saturated rings. The van der Waals surface area contributed by atoms with Crippen LogP contribution in [0.3, 0.4) is 0 Å². The summed E-state index contributed by atoms with van der Waals surface area (Å²) in [5.74, 6) is 1.82. The highest BCUT2D eigenvalue weighted by molar-refractivity contribution is 5.25. The molecule has 0 radical (unpaired) electrons. The van der Waals surface area contributed by atoms with Crippen LogP contribution in [0.25, 0.3) is 0 Å². The molecule has 0 unspecified atom stereocenters. The minimum absolute atomic E-state index is 0.316. The quantitative estimate of drug-likeness (QED) is 0.790. The van der Waals surface area contributed by atoms with Gasteiger partial charge >= 0.3 is 0 Å². The van der Waals surface area contributed by atoms with Gasteiger partial charge in [-0.05, 0) is 6.92 Å². The molecule has 0 aliphatic heterocycles. The Morgan fingerprint density at radius 2 is 2.21 bits per heavy atom. The number of nitrogens with two attached hydrogens (primary N) is 1. The molecule has 0 spiro atoms. The molecule has 2 N–H and O–H groups in total. The Hall–Kier alpha value is -1.16. The van der Waals surface area contributed by atoms with Crippen LogP contribution in [0.4, 0.5) is 0 Å². The fourth-order valence-electron chi connectivity index (χ4n) is 1.12. The molecule has 1 aromatic rings. The second-order valence-electron chi connectivity index (χ2n) is 3.33. The van der Waals surface area contributed by atoms with Gasteiger partial charge in [-0.2, -0.15) is 0 Å². The summed E-state index contributed by atoms with van der Waals surface area (Å²) in [6, 6.07) is 0. The lowest BCUT2D eigenvalue weighted by Crippen LogP contribution is -2.08. The molecule has 0 saturated carbocycles. The number of nitrogens with zero attached hydrogens (tertiary/aromatic N) is 2. The Kier molecular flexibility index (Phi) is 3.83. The first-order chi connectivity index (χ1) is 6.69. The second kappa shape index (κ2) is 4.91. The van der Waals surface area contributed by atoms with Gasteiger partial charge in [-0.1, -0.05) is 13.8 Å². The van der Waals surface area contributed by atoms with Crippen LogP contribution in [-0.4, -0.2) is 16.6 Å². The smallest absolute Gasteiger partial charge is 0.160 e. The summed E-state index contributed by atoms with van der Waals surface area (Å²) in [7, 11) is 0. The van der Waals surface area contributed by atoms with E-state index >= 15 is 0 Å². The van der Waals surface area contributed by atoms with Gasteiger partial charge < -0.3 is 10.5 Å². The predicted octanol–water partition coefficient (Wildman–Crippen LogP) is 1.46. The normalized spacial score (nSPS) is 10.6. The van der Waals surface area contributed by atoms with Crippen LogP contribution >= 0.6 is 0 Å². The van der Waals surface area contributed by atoms with Gasteiger partial charge in [-0.15, -0.1) is 0 Å². The molecule has 0 saturated heterocycles. The molecule has 4 nitrogen and oxygen atoms in total. The number of hydrogen-bond donors (Lipinski definition) is 1. The molecule has 4 heteroatoms. The second-order valence-corrected chi connectivity index (χ2v) is 3.33. The average molecular weight is 195 g/mol. The van der Waals surface area contributed by atoms with Gasteiger partial charge in [0.25, 0.3) is 0 Å². The van der Waals surface area contributed by atoms with Crippen LogP contribution in [0.1, 0.15) is 38.2 Å². The van der Waals surface area contributed by atoms with Crippen LogP contribution in [0.2, 0.25) is 0 Å². The summed E-state index contributed by atoms with van der Waals surface area (Å²) in [5.41, 5.74) is 6.36. The van der Waals surface area contributed by atoms with Gasteiger partial charge in [0.15, 0.2) is 5.75 Å². The van der Waals surface area contributed by atoms with Crippen molar-refractivity contribution >= 4 is 0 Å². The Morgan fingerprint density at radius 1 is 1.50 bits per heavy atom. The number of aromatic nitrogens is 2. The fourth-order valence-corrected chi connectivity index (χ4v) is 1.12. The van der Waals surface area contributed by atoms with E-state index in [4.69, 9.17) is 10.5 Å². The number of hydrogen-bond acceptors (Lipinski definition) is 4. The van der Waals surface area contributed by atoms with Crippen molar-refractivity contribution in [3.8, 4) is 5.75 Å².